The van der Waals surface area contributed by atoms with Gasteiger partial charge in [0.1, 0.15) is 4.32 Å². The number of amides is 1. The second-order valence-corrected chi connectivity index (χ2v) is 7.75. The van der Waals surface area contributed by atoms with Gasteiger partial charge < -0.3 is 9.84 Å². The largest absolute Gasteiger partial charge is 0.505 e. The summed E-state index contributed by atoms with van der Waals surface area (Å²) in [7, 11) is 0. The molecule has 1 aromatic carbocycles. The normalized spacial score (nSPS) is 23.3. The van der Waals surface area contributed by atoms with Crippen LogP contribution in [0.3, 0.4) is 0 Å². The number of ether oxygens (including phenoxy) is 1. The Hall–Kier alpha value is -0.790. The average Bonchev–Trinajstić information content (AvgIpc) is 3.09. The summed E-state index contributed by atoms with van der Waals surface area (Å²) in [6.07, 6.45) is 3.68. The van der Waals surface area contributed by atoms with Gasteiger partial charge in [-0.15, -0.1) is 0 Å². The molecule has 1 aromatic rings. The van der Waals surface area contributed by atoms with Gasteiger partial charge in [0.15, 0.2) is 5.75 Å². The van der Waals surface area contributed by atoms with Crippen LogP contribution < -0.4 is 0 Å². The SMILES string of the molecule is O=C1/C(=C/c2cc(Cl)c(O)c(Cl)c2)SC(=S)N1C[C@@H]1CCCO1. The summed E-state index contributed by atoms with van der Waals surface area (Å²) in [4.78, 5) is 14.6. The van der Waals surface area contributed by atoms with Crippen molar-refractivity contribution >= 4 is 63.5 Å². The number of thiocarbonyl (C=S) groups is 1. The Bertz CT molecular complexity index is 679. The van der Waals surface area contributed by atoms with Gasteiger partial charge in [-0.05, 0) is 36.6 Å². The quantitative estimate of drug-likeness (QED) is 0.623. The first-order chi connectivity index (χ1) is 11.0. The Kier molecular flexibility index (Phi) is 5.18. The molecular weight excluding hydrogens is 377 g/mol. The third-order valence-electron chi connectivity index (χ3n) is 3.62. The van der Waals surface area contributed by atoms with Crippen molar-refractivity contribution in [2.24, 2.45) is 0 Å². The van der Waals surface area contributed by atoms with Crippen molar-refractivity contribution in [3.8, 4) is 5.75 Å². The van der Waals surface area contributed by atoms with Crippen molar-refractivity contribution in [1.29, 1.82) is 0 Å². The number of phenolic OH excluding ortho intramolecular Hbond substituents is 1. The molecule has 4 nitrogen and oxygen atoms in total. The number of carbonyl (C=O) groups is 1. The van der Waals surface area contributed by atoms with E-state index in [1.54, 1.807) is 23.1 Å². The summed E-state index contributed by atoms with van der Waals surface area (Å²) < 4.78 is 6.09. The number of thioether (sulfide) groups is 1. The van der Waals surface area contributed by atoms with Crippen molar-refractivity contribution in [3.05, 3.63) is 32.6 Å². The van der Waals surface area contributed by atoms with E-state index < -0.39 is 0 Å². The lowest BCUT2D eigenvalue weighted by Crippen LogP contribution is -2.35. The Balaban J connectivity index is 1.81. The monoisotopic (exact) mass is 389 g/mol. The predicted molar refractivity (Wildman–Crippen MR) is 97.0 cm³/mol. The van der Waals surface area contributed by atoms with Gasteiger partial charge in [-0.3, -0.25) is 9.69 Å². The summed E-state index contributed by atoms with van der Waals surface area (Å²) >= 11 is 18.3. The average molecular weight is 390 g/mol. The molecule has 1 amide bonds. The summed E-state index contributed by atoms with van der Waals surface area (Å²) in [5.41, 5.74) is 0.635. The summed E-state index contributed by atoms with van der Waals surface area (Å²) in [5.74, 6) is -0.313. The highest BCUT2D eigenvalue weighted by molar-refractivity contribution is 8.26. The lowest BCUT2D eigenvalue weighted by atomic mass is 10.2. The van der Waals surface area contributed by atoms with Crippen molar-refractivity contribution in [3.63, 3.8) is 0 Å². The number of aromatic hydroxyl groups is 1. The van der Waals surface area contributed by atoms with Crippen molar-refractivity contribution < 1.29 is 14.6 Å². The number of rotatable bonds is 3. The van der Waals surface area contributed by atoms with E-state index in [1.807, 2.05) is 0 Å². The van der Waals surface area contributed by atoms with Gasteiger partial charge in [0.2, 0.25) is 0 Å². The number of benzene rings is 1. The van der Waals surface area contributed by atoms with Crippen LogP contribution in [0.2, 0.25) is 10.0 Å². The third kappa shape index (κ3) is 3.67. The molecule has 2 aliphatic rings. The number of halogens is 2. The highest BCUT2D eigenvalue weighted by atomic mass is 35.5. The molecule has 2 saturated heterocycles. The van der Waals surface area contributed by atoms with Gasteiger partial charge in [-0.2, -0.15) is 0 Å². The van der Waals surface area contributed by atoms with E-state index in [4.69, 9.17) is 40.2 Å². The first-order valence-corrected chi connectivity index (χ1v) is 8.99. The molecule has 23 heavy (non-hydrogen) atoms. The Morgan fingerprint density at radius 3 is 2.74 bits per heavy atom. The van der Waals surface area contributed by atoms with Crippen molar-refractivity contribution in [1.82, 2.24) is 4.90 Å². The number of hydrogen-bond acceptors (Lipinski definition) is 5. The fraction of sp³-hybridized carbons (Fsp3) is 0.333. The van der Waals surface area contributed by atoms with Crippen LogP contribution >= 0.6 is 47.2 Å². The molecule has 8 heteroatoms. The van der Waals surface area contributed by atoms with E-state index >= 15 is 0 Å². The molecule has 0 spiro atoms. The van der Waals surface area contributed by atoms with Crippen LogP contribution in [0.5, 0.6) is 5.75 Å². The molecular formula is C15H13Cl2NO3S2. The summed E-state index contributed by atoms with van der Waals surface area (Å²) in [5, 5.41) is 9.86. The zero-order valence-electron chi connectivity index (χ0n) is 11.9. The maximum atomic E-state index is 12.5. The number of carbonyl (C=O) groups excluding carboxylic acids is 1. The fourth-order valence-electron chi connectivity index (χ4n) is 2.47. The van der Waals surface area contributed by atoms with Gasteiger partial charge >= 0.3 is 0 Å². The van der Waals surface area contributed by atoms with E-state index in [-0.39, 0.29) is 27.8 Å². The first kappa shape index (κ1) is 17.0. The molecule has 122 valence electrons. The first-order valence-electron chi connectivity index (χ1n) is 7.00. The topological polar surface area (TPSA) is 49.8 Å². The molecule has 0 aliphatic carbocycles. The Labute approximate surface area is 153 Å². The molecule has 0 bridgehead atoms. The molecule has 0 saturated carbocycles. The van der Waals surface area contributed by atoms with E-state index in [2.05, 4.69) is 0 Å². The Morgan fingerprint density at radius 2 is 2.13 bits per heavy atom. The van der Waals surface area contributed by atoms with Gasteiger partial charge in [0.25, 0.3) is 5.91 Å². The van der Waals surface area contributed by atoms with Crippen LogP contribution in [0, 0.1) is 0 Å². The predicted octanol–water partition coefficient (Wildman–Crippen LogP) is 4.08. The number of nitrogens with zero attached hydrogens (tertiary/aromatic N) is 1. The van der Waals surface area contributed by atoms with Crippen LogP contribution in [0.1, 0.15) is 18.4 Å². The van der Waals surface area contributed by atoms with Crippen molar-refractivity contribution in [2.45, 2.75) is 18.9 Å². The van der Waals surface area contributed by atoms with Gasteiger partial charge in [-0.1, -0.05) is 47.2 Å². The summed E-state index contributed by atoms with van der Waals surface area (Å²) in [6.45, 7) is 1.22. The second-order valence-electron chi connectivity index (χ2n) is 5.26. The van der Waals surface area contributed by atoms with Gasteiger partial charge in [0, 0.05) is 6.61 Å². The van der Waals surface area contributed by atoms with E-state index in [0.717, 1.165) is 19.4 Å². The molecule has 0 unspecified atom stereocenters. The van der Waals surface area contributed by atoms with E-state index in [1.165, 1.54) is 11.8 Å². The lowest BCUT2D eigenvalue weighted by Gasteiger charge is -2.18. The van der Waals surface area contributed by atoms with Gasteiger partial charge in [-0.25, -0.2) is 0 Å². The van der Waals surface area contributed by atoms with Gasteiger partial charge in [0.05, 0.1) is 27.6 Å². The van der Waals surface area contributed by atoms with E-state index in [0.29, 0.717) is 21.3 Å². The molecule has 0 aromatic heterocycles. The zero-order valence-corrected chi connectivity index (χ0v) is 15.1. The molecule has 2 aliphatic heterocycles. The zero-order chi connectivity index (χ0) is 16.6. The minimum absolute atomic E-state index is 0.0504. The van der Waals surface area contributed by atoms with Crippen LogP contribution in [0.15, 0.2) is 17.0 Å². The molecule has 2 fully saturated rings. The smallest absolute Gasteiger partial charge is 0.266 e. The maximum absolute atomic E-state index is 12.5. The van der Waals surface area contributed by atoms with E-state index in [9.17, 15) is 9.90 Å². The molecule has 2 heterocycles. The fourth-order valence-corrected chi connectivity index (χ4v) is 4.25. The third-order valence-corrected chi connectivity index (χ3v) is 5.57. The maximum Gasteiger partial charge on any atom is 0.266 e. The highest BCUT2D eigenvalue weighted by Gasteiger charge is 2.34. The number of phenols is 1. The number of hydrogen-bond donors (Lipinski definition) is 1. The standard InChI is InChI=1S/C15H13Cl2NO3S2/c16-10-4-8(5-11(17)13(10)19)6-12-14(20)18(15(22)23-12)7-9-2-1-3-21-9/h4-6,9,19H,1-3,7H2/b12-6-/t9-/m0/s1. The van der Waals surface area contributed by atoms with Crippen LogP contribution in [-0.4, -0.2) is 39.5 Å². The molecule has 1 N–H and O–H groups in total. The molecule has 3 rings (SSSR count). The minimum atomic E-state index is -0.170. The summed E-state index contributed by atoms with van der Waals surface area (Å²) in [6, 6.07) is 3.10. The second kappa shape index (κ2) is 6.99. The molecule has 0 radical (unpaired) electrons. The minimum Gasteiger partial charge on any atom is -0.505 e. The lowest BCUT2D eigenvalue weighted by molar-refractivity contribution is -0.123. The highest BCUT2D eigenvalue weighted by Crippen LogP contribution is 2.37. The van der Waals surface area contributed by atoms with Crippen LogP contribution in [0.25, 0.3) is 6.08 Å². The van der Waals surface area contributed by atoms with Crippen LogP contribution in [0.4, 0.5) is 0 Å². The van der Waals surface area contributed by atoms with Crippen LogP contribution in [-0.2, 0) is 9.53 Å². The Morgan fingerprint density at radius 1 is 1.43 bits per heavy atom. The molecule has 1 atom stereocenters. The van der Waals surface area contributed by atoms with Crippen molar-refractivity contribution in [2.75, 3.05) is 13.2 Å².